The molecule has 2 N–H and O–H groups in total. The first-order valence-corrected chi connectivity index (χ1v) is 6.16. The second kappa shape index (κ2) is 3.76. The van der Waals surface area contributed by atoms with Crippen LogP contribution in [-0.4, -0.2) is 10.1 Å². The number of H-pyrrole nitrogens is 1. The first kappa shape index (κ1) is 12.5. The fraction of sp³-hybridized carbons (Fsp3) is 0.429. The molecule has 102 valence electrons. The summed E-state index contributed by atoms with van der Waals surface area (Å²) in [5.41, 5.74) is 0.645. The standard InChI is InChI=1S/C14H14F3NO/c1-14(2)4-8-10(9(19)5-14)11-12(17)6(15)3-7(16)13(11)18-8/h3,9,18-19H,4-5H2,1-2H3. The highest BCUT2D eigenvalue weighted by Crippen LogP contribution is 2.44. The Morgan fingerprint density at radius 1 is 1.26 bits per heavy atom. The molecule has 1 aromatic heterocycles. The highest BCUT2D eigenvalue weighted by molar-refractivity contribution is 5.86. The van der Waals surface area contributed by atoms with Gasteiger partial charge in [-0.05, 0) is 18.3 Å². The van der Waals surface area contributed by atoms with Crippen LogP contribution in [0.3, 0.4) is 0 Å². The van der Waals surface area contributed by atoms with Crippen molar-refractivity contribution < 1.29 is 18.3 Å². The number of aromatic amines is 1. The van der Waals surface area contributed by atoms with Crippen LogP contribution in [0.1, 0.15) is 37.6 Å². The van der Waals surface area contributed by atoms with Crippen molar-refractivity contribution in [3.8, 4) is 0 Å². The molecule has 0 aliphatic heterocycles. The molecule has 5 heteroatoms. The summed E-state index contributed by atoms with van der Waals surface area (Å²) in [6, 6.07) is 0.525. The molecule has 1 unspecified atom stereocenters. The molecule has 2 nitrogen and oxygen atoms in total. The molecule has 0 amide bonds. The molecule has 0 radical (unpaired) electrons. The molecule has 0 bridgehead atoms. The first-order chi connectivity index (χ1) is 8.80. The third kappa shape index (κ3) is 1.75. The lowest BCUT2D eigenvalue weighted by Crippen LogP contribution is -2.25. The molecular weight excluding hydrogens is 255 g/mol. The number of hydrogen-bond acceptors (Lipinski definition) is 1. The van der Waals surface area contributed by atoms with Crippen molar-refractivity contribution in [1.82, 2.24) is 4.98 Å². The Morgan fingerprint density at radius 3 is 2.63 bits per heavy atom. The minimum Gasteiger partial charge on any atom is -0.388 e. The van der Waals surface area contributed by atoms with E-state index in [0.29, 0.717) is 30.2 Å². The minimum absolute atomic E-state index is 0.0688. The first-order valence-electron chi connectivity index (χ1n) is 6.16. The van der Waals surface area contributed by atoms with Gasteiger partial charge in [-0.1, -0.05) is 13.8 Å². The largest absolute Gasteiger partial charge is 0.388 e. The fourth-order valence-electron chi connectivity index (χ4n) is 3.02. The van der Waals surface area contributed by atoms with Gasteiger partial charge < -0.3 is 10.1 Å². The highest BCUT2D eigenvalue weighted by Gasteiger charge is 2.35. The zero-order valence-corrected chi connectivity index (χ0v) is 10.7. The Morgan fingerprint density at radius 2 is 1.95 bits per heavy atom. The van der Waals surface area contributed by atoms with Gasteiger partial charge in [0.2, 0.25) is 0 Å². The average Bonchev–Trinajstić information content (AvgIpc) is 2.64. The number of fused-ring (bicyclic) bond motifs is 3. The van der Waals surface area contributed by atoms with E-state index in [1.807, 2.05) is 13.8 Å². The van der Waals surface area contributed by atoms with Crippen LogP contribution in [0.15, 0.2) is 6.07 Å². The third-order valence-corrected chi connectivity index (χ3v) is 3.78. The number of benzene rings is 1. The van der Waals surface area contributed by atoms with Gasteiger partial charge in [0.25, 0.3) is 0 Å². The van der Waals surface area contributed by atoms with Crippen molar-refractivity contribution >= 4 is 10.9 Å². The number of aliphatic hydroxyl groups excluding tert-OH is 1. The number of aliphatic hydroxyl groups is 1. The SMILES string of the molecule is CC1(C)Cc2[nH]c3c(F)cc(F)c(F)c3c2C(O)C1. The Kier molecular flexibility index (Phi) is 2.48. The Hall–Kier alpha value is -1.49. The third-order valence-electron chi connectivity index (χ3n) is 3.78. The molecule has 1 aliphatic rings. The number of halogens is 3. The monoisotopic (exact) mass is 269 g/mol. The van der Waals surface area contributed by atoms with Gasteiger partial charge in [-0.25, -0.2) is 13.2 Å². The summed E-state index contributed by atoms with van der Waals surface area (Å²) in [6.07, 6.45) is 0.0854. The van der Waals surface area contributed by atoms with E-state index in [0.717, 1.165) is 0 Å². The van der Waals surface area contributed by atoms with Crippen LogP contribution in [0.4, 0.5) is 13.2 Å². The molecule has 1 atom stereocenters. The van der Waals surface area contributed by atoms with Crippen molar-refractivity contribution in [2.75, 3.05) is 0 Å². The molecule has 19 heavy (non-hydrogen) atoms. The lowest BCUT2D eigenvalue weighted by Gasteiger charge is -2.32. The average molecular weight is 269 g/mol. The lowest BCUT2D eigenvalue weighted by atomic mass is 9.75. The summed E-state index contributed by atoms with van der Waals surface area (Å²) in [4.78, 5) is 2.80. The van der Waals surface area contributed by atoms with Crippen LogP contribution in [0.2, 0.25) is 0 Å². The smallest absolute Gasteiger partial charge is 0.168 e. The van der Waals surface area contributed by atoms with Crippen molar-refractivity contribution in [1.29, 1.82) is 0 Å². The molecule has 0 saturated carbocycles. The lowest BCUT2D eigenvalue weighted by molar-refractivity contribution is 0.100. The van der Waals surface area contributed by atoms with E-state index < -0.39 is 23.6 Å². The van der Waals surface area contributed by atoms with Gasteiger partial charge in [-0.2, -0.15) is 0 Å². The summed E-state index contributed by atoms with van der Waals surface area (Å²) in [7, 11) is 0. The number of nitrogens with one attached hydrogen (secondary N) is 1. The van der Waals surface area contributed by atoms with Crippen molar-refractivity contribution in [2.24, 2.45) is 5.41 Å². The summed E-state index contributed by atoms with van der Waals surface area (Å²) >= 11 is 0. The van der Waals surface area contributed by atoms with Crippen LogP contribution in [0, 0.1) is 22.9 Å². The van der Waals surface area contributed by atoms with Crippen LogP contribution in [0.25, 0.3) is 10.9 Å². The molecule has 1 aromatic carbocycles. The molecule has 3 rings (SSSR count). The Labute approximate surface area is 108 Å². The predicted octanol–water partition coefficient (Wildman–Crippen LogP) is 3.59. The summed E-state index contributed by atoms with van der Waals surface area (Å²) in [5, 5.41) is 10.0. The topological polar surface area (TPSA) is 36.0 Å². The molecule has 2 aromatic rings. The van der Waals surface area contributed by atoms with Gasteiger partial charge in [0.1, 0.15) is 5.82 Å². The van der Waals surface area contributed by atoms with Crippen LogP contribution >= 0.6 is 0 Å². The van der Waals surface area contributed by atoms with E-state index in [1.165, 1.54) is 0 Å². The van der Waals surface area contributed by atoms with Gasteiger partial charge in [0.15, 0.2) is 11.6 Å². The van der Waals surface area contributed by atoms with Crippen molar-refractivity contribution in [3.05, 3.63) is 34.8 Å². The summed E-state index contributed by atoms with van der Waals surface area (Å²) in [5.74, 6) is -3.18. The summed E-state index contributed by atoms with van der Waals surface area (Å²) in [6.45, 7) is 3.94. The molecule has 0 saturated heterocycles. The van der Waals surface area contributed by atoms with E-state index in [9.17, 15) is 18.3 Å². The molecule has 0 fully saturated rings. The predicted molar refractivity (Wildman–Crippen MR) is 65.2 cm³/mol. The van der Waals surface area contributed by atoms with E-state index in [4.69, 9.17) is 0 Å². The molecule has 1 aliphatic carbocycles. The van der Waals surface area contributed by atoms with Crippen molar-refractivity contribution in [2.45, 2.75) is 32.8 Å². The highest BCUT2D eigenvalue weighted by atomic mass is 19.2. The van der Waals surface area contributed by atoms with Crippen LogP contribution in [-0.2, 0) is 6.42 Å². The zero-order chi connectivity index (χ0) is 13.9. The van der Waals surface area contributed by atoms with Gasteiger partial charge in [-0.3, -0.25) is 0 Å². The van der Waals surface area contributed by atoms with Crippen LogP contribution < -0.4 is 0 Å². The Bertz CT molecular complexity index is 675. The van der Waals surface area contributed by atoms with Gasteiger partial charge >= 0.3 is 0 Å². The zero-order valence-electron chi connectivity index (χ0n) is 10.7. The van der Waals surface area contributed by atoms with E-state index in [-0.39, 0.29) is 16.3 Å². The molecule has 0 spiro atoms. The minimum atomic E-state index is -1.23. The van der Waals surface area contributed by atoms with Crippen LogP contribution in [0.5, 0.6) is 0 Å². The van der Waals surface area contributed by atoms with Gasteiger partial charge in [-0.15, -0.1) is 0 Å². The maximum atomic E-state index is 13.9. The quantitative estimate of drug-likeness (QED) is 0.704. The maximum Gasteiger partial charge on any atom is 0.168 e. The van der Waals surface area contributed by atoms with E-state index in [2.05, 4.69) is 4.98 Å². The van der Waals surface area contributed by atoms with E-state index in [1.54, 1.807) is 0 Å². The maximum absolute atomic E-state index is 13.9. The second-order valence-corrected chi connectivity index (χ2v) is 5.98. The Balaban J connectivity index is 2.37. The number of rotatable bonds is 0. The second-order valence-electron chi connectivity index (χ2n) is 5.98. The van der Waals surface area contributed by atoms with E-state index >= 15 is 0 Å². The summed E-state index contributed by atoms with van der Waals surface area (Å²) < 4.78 is 40.9. The number of aromatic nitrogens is 1. The molecule has 1 heterocycles. The normalized spacial score (nSPS) is 21.7. The molecular formula is C14H14F3NO. The van der Waals surface area contributed by atoms with Gasteiger partial charge in [0.05, 0.1) is 11.6 Å². The number of hydrogen-bond donors (Lipinski definition) is 2. The van der Waals surface area contributed by atoms with Crippen molar-refractivity contribution in [3.63, 3.8) is 0 Å². The van der Waals surface area contributed by atoms with Gasteiger partial charge in [0, 0.05) is 22.7 Å². The fourth-order valence-corrected chi connectivity index (χ4v) is 3.02.